The van der Waals surface area contributed by atoms with E-state index in [0.717, 1.165) is 20.6 Å². The molecule has 1 N–H and O–H groups in total. The second-order valence-electron chi connectivity index (χ2n) is 5.55. The zero-order chi connectivity index (χ0) is 19.3. The molecule has 138 valence electrons. The van der Waals surface area contributed by atoms with Crippen molar-refractivity contribution < 1.29 is 13.2 Å². The lowest BCUT2D eigenvalue weighted by atomic mass is 10.2. The fourth-order valence-corrected chi connectivity index (χ4v) is 3.46. The van der Waals surface area contributed by atoms with Crippen molar-refractivity contribution in [2.24, 2.45) is 5.10 Å². The Bertz CT molecular complexity index is 931. The molecule has 0 atom stereocenters. The Morgan fingerprint density at radius 2 is 1.92 bits per heavy atom. The molecule has 0 saturated carbocycles. The zero-order valence-electron chi connectivity index (χ0n) is 14.1. The molecule has 0 heterocycles. The van der Waals surface area contributed by atoms with Crippen LogP contribution in [0.5, 0.6) is 0 Å². The Hall–Kier alpha value is -1.90. The third kappa shape index (κ3) is 5.82. The monoisotopic (exact) mass is 457 g/mol. The summed E-state index contributed by atoms with van der Waals surface area (Å²) < 4.78 is 26.2. The number of hydrogen-bond acceptors (Lipinski definition) is 4. The summed E-state index contributed by atoms with van der Waals surface area (Å²) in [5.74, 6) is -0.567. The van der Waals surface area contributed by atoms with Gasteiger partial charge in [-0.3, -0.25) is 9.10 Å². The molecule has 2 aromatic carbocycles. The van der Waals surface area contributed by atoms with Crippen LogP contribution in [-0.4, -0.2) is 33.3 Å². The van der Waals surface area contributed by atoms with Crippen LogP contribution in [0.2, 0.25) is 5.02 Å². The second kappa shape index (κ2) is 8.66. The second-order valence-corrected chi connectivity index (χ2v) is 8.80. The van der Waals surface area contributed by atoms with Gasteiger partial charge in [-0.15, -0.1) is 0 Å². The quantitative estimate of drug-likeness (QED) is 0.533. The smallest absolute Gasteiger partial charge is 0.260 e. The standard InChI is InChI=1S/C17H17BrClN3O3S/c1-12-3-8-15(19)9-16(12)22(26(2,24)25)11-17(23)21-20-10-13-4-6-14(18)7-5-13/h3-10H,11H2,1-2H3,(H,21,23)/b20-10-. The molecule has 1 amide bonds. The van der Waals surface area contributed by atoms with Gasteiger partial charge < -0.3 is 0 Å². The summed E-state index contributed by atoms with van der Waals surface area (Å²) in [5, 5.41) is 4.23. The number of aryl methyl sites for hydroxylation is 1. The average molecular weight is 459 g/mol. The lowest BCUT2D eigenvalue weighted by molar-refractivity contribution is -0.119. The minimum absolute atomic E-state index is 0.354. The highest BCUT2D eigenvalue weighted by Gasteiger charge is 2.22. The predicted octanol–water partition coefficient (Wildman–Crippen LogP) is 3.33. The van der Waals surface area contributed by atoms with Crippen LogP contribution < -0.4 is 9.73 Å². The molecule has 0 aromatic heterocycles. The molecule has 0 spiro atoms. The fraction of sp³-hybridized carbons (Fsp3) is 0.176. The number of amides is 1. The summed E-state index contributed by atoms with van der Waals surface area (Å²) in [5.41, 5.74) is 4.16. The van der Waals surface area contributed by atoms with Crippen LogP contribution in [0, 0.1) is 6.92 Å². The highest BCUT2D eigenvalue weighted by Crippen LogP contribution is 2.26. The van der Waals surface area contributed by atoms with Crippen LogP contribution in [0.15, 0.2) is 52.0 Å². The highest BCUT2D eigenvalue weighted by molar-refractivity contribution is 9.10. The summed E-state index contributed by atoms with van der Waals surface area (Å²) in [6.07, 6.45) is 2.51. The topological polar surface area (TPSA) is 78.8 Å². The van der Waals surface area contributed by atoms with Crippen molar-refractivity contribution in [2.45, 2.75) is 6.92 Å². The van der Waals surface area contributed by atoms with E-state index in [4.69, 9.17) is 11.6 Å². The van der Waals surface area contributed by atoms with Crippen LogP contribution in [0.1, 0.15) is 11.1 Å². The van der Waals surface area contributed by atoms with E-state index < -0.39 is 22.5 Å². The molecule has 2 aromatic rings. The number of sulfonamides is 1. The van der Waals surface area contributed by atoms with Crippen molar-refractivity contribution >= 4 is 55.4 Å². The van der Waals surface area contributed by atoms with Gasteiger partial charge in [-0.1, -0.05) is 45.7 Å². The van der Waals surface area contributed by atoms with Gasteiger partial charge in [0.25, 0.3) is 5.91 Å². The van der Waals surface area contributed by atoms with Crippen LogP contribution >= 0.6 is 27.5 Å². The van der Waals surface area contributed by atoms with E-state index >= 15 is 0 Å². The first kappa shape index (κ1) is 20.4. The van der Waals surface area contributed by atoms with Crippen molar-refractivity contribution in [3.05, 3.63) is 63.1 Å². The Kier molecular flexibility index (Phi) is 6.80. The molecule has 0 bridgehead atoms. The lowest BCUT2D eigenvalue weighted by Gasteiger charge is -2.23. The van der Waals surface area contributed by atoms with Crippen molar-refractivity contribution in [3.8, 4) is 0 Å². The number of rotatable bonds is 6. The van der Waals surface area contributed by atoms with E-state index in [-0.39, 0.29) is 0 Å². The number of carbonyl (C=O) groups is 1. The van der Waals surface area contributed by atoms with Gasteiger partial charge in [-0.25, -0.2) is 13.8 Å². The molecule has 0 unspecified atom stereocenters. The van der Waals surface area contributed by atoms with Gasteiger partial charge in [-0.05, 0) is 42.3 Å². The van der Waals surface area contributed by atoms with Crippen LogP contribution in [0.3, 0.4) is 0 Å². The van der Waals surface area contributed by atoms with E-state index in [1.807, 2.05) is 24.3 Å². The van der Waals surface area contributed by atoms with Gasteiger partial charge in [0, 0.05) is 9.50 Å². The van der Waals surface area contributed by atoms with Gasteiger partial charge in [0.15, 0.2) is 0 Å². The number of hydrogen-bond donors (Lipinski definition) is 1. The van der Waals surface area contributed by atoms with E-state index in [0.29, 0.717) is 16.3 Å². The SMILES string of the molecule is Cc1ccc(Cl)cc1N(CC(=O)N/N=C\c1ccc(Br)cc1)S(C)(=O)=O. The molecule has 9 heteroatoms. The lowest BCUT2D eigenvalue weighted by Crippen LogP contribution is -2.39. The summed E-state index contributed by atoms with van der Waals surface area (Å²) >= 11 is 9.29. The molecular weight excluding hydrogens is 442 g/mol. The fourth-order valence-electron chi connectivity index (χ4n) is 2.13. The number of benzene rings is 2. The van der Waals surface area contributed by atoms with Crippen molar-refractivity contribution in [3.63, 3.8) is 0 Å². The van der Waals surface area contributed by atoms with E-state index in [2.05, 4.69) is 26.5 Å². The summed E-state index contributed by atoms with van der Waals surface area (Å²) in [4.78, 5) is 12.1. The van der Waals surface area contributed by atoms with E-state index in [9.17, 15) is 13.2 Å². The molecule has 26 heavy (non-hydrogen) atoms. The highest BCUT2D eigenvalue weighted by atomic mass is 79.9. The summed E-state index contributed by atoms with van der Waals surface area (Å²) in [6.45, 7) is 1.34. The maximum Gasteiger partial charge on any atom is 0.260 e. The number of nitrogens with zero attached hydrogens (tertiary/aromatic N) is 2. The number of nitrogens with one attached hydrogen (secondary N) is 1. The Morgan fingerprint density at radius 3 is 2.54 bits per heavy atom. The normalized spacial score (nSPS) is 11.5. The minimum Gasteiger partial charge on any atom is -0.271 e. The van der Waals surface area contributed by atoms with Crippen LogP contribution in [-0.2, 0) is 14.8 Å². The van der Waals surface area contributed by atoms with Crippen molar-refractivity contribution in [2.75, 3.05) is 17.1 Å². The van der Waals surface area contributed by atoms with Gasteiger partial charge in [-0.2, -0.15) is 5.10 Å². The zero-order valence-corrected chi connectivity index (χ0v) is 17.3. The first-order chi connectivity index (χ1) is 12.2. The first-order valence-electron chi connectivity index (χ1n) is 7.48. The number of hydrazone groups is 1. The molecule has 0 fully saturated rings. The van der Waals surface area contributed by atoms with Crippen LogP contribution in [0.25, 0.3) is 0 Å². The molecule has 0 aliphatic carbocycles. The molecule has 0 saturated heterocycles. The summed E-state index contributed by atoms with van der Waals surface area (Å²) in [7, 11) is -3.68. The van der Waals surface area contributed by atoms with Gasteiger partial charge in [0.2, 0.25) is 10.0 Å². The van der Waals surface area contributed by atoms with E-state index in [1.54, 1.807) is 19.1 Å². The maximum absolute atomic E-state index is 12.1. The molecule has 0 aliphatic rings. The molecule has 6 nitrogen and oxygen atoms in total. The molecule has 0 aliphatic heterocycles. The first-order valence-corrected chi connectivity index (χ1v) is 10.5. The Labute approximate surface area is 166 Å². The number of halogens is 2. The molecular formula is C17H17BrClN3O3S. The van der Waals surface area contributed by atoms with Gasteiger partial charge in [0.05, 0.1) is 18.2 Å². The average Bonchev–Trinajstić information content (AvgIpc) is 2.56. The third-order valence-corrected chi connectivity index (χ3v) is 5.29. The summed E-state index contributed by atoms with van der Waals surface area (Å²) in [6, 6.07) is 12.2. The van der Waals surface area contributed by atoms with Crippen molar-refractivity contribution in [1.82, 2.24) is 5.43 Å². The minimum atomic E-state index is -3.68. The molecule has 0 radical (unpaired) electrons. The molecule has 2 rings (SSSR count). The third-order valence-electron chi connectivity index (χ3n) is 3.40. The van der Waals surface area contributed by atoms with Crippen molar-refractivity contribution in [1.29, 1.82) is 0 Å². The Morgan fingerprint density at radius 1 is 1.27 bits per heavy atom. The van der Waals surface area contributed by atoms with Crippen LogP contribution in [0.4, 0.5) is 5.69 Å². The maximum atomic E-state index is 12.1. The predicted molar refractivity (Wildman–Crippen MR) is 108 cm³/mol. The van der Waals surface area contributed by atoms with E-state index in [1.165, 1.54) is 12.3 Å². The van der Waals surface area contributed by atoms with Gasteiger partial charge >= 0.3 is 0 Å². The Balaban J connectivity index is 2.12. The largest absolute Gasteiger partial charge is 0.271 e. The number of anilines is 1. The number of carbonyl (C=O) groups excluding carboxylic acids is 1. The van der Waals surface area contributed by atoms with Gasteiger partial charge in [0.1, 0.15) is 6.54 Å².